The molecule has 170 valence electrons. The van der Waals surface area contributed by atoms with Crippen molar-refractivity contribution in [1.29, 1.82) is 0 Å². The molecule has 30 heavy (non-hydrogen) atoms. The summed E-state index contributed by atoms with van der Waals surface area (Å²) in [7, 11) is 0. The predicted octanol–water partition coefficient (Wildman–Crippen LogP) is 5.64. The van der Waals surface area contributed by atoms with Crippen LogP contribution < -0.4 is 14.8 Å². The fraction of sp³-hybridized carbons (Fsp3) is 0.500. The van der Waals surface area contributed by atoms with Crippen molar-refractivity contribution in [2.75, 3.05) is 32.8 Å². The highest BCUT2D eigenvalue weighted by molar-refractivity contribution is 5.85. The molecule has 0 fully saturated rings. The van der Waals surface area contributed by atoms with Gasteiger partial charge >= 0.3 is 0 Å². The summed E-state index contributed by atoms with van der Waals surface area (Å²) in [4.78, 5) is 2.45. The average molecular weight is 457 g/mol. The number of halogens is 2. The molecule has 1 N–H and O–H groups in total. The SMILES string of the molecule is CCOc1cc(CNCCCN(CC)CC)ccc1OCc1ccc(C)cc1.Cl.Cl. The second-order valence-corrected chi connectivity index (χ2v) is 7.05. The zero-order chi connectivity index (χ0) is 20.2. The number of benzene rings is 2. The number of aryl methyl sites for hydroxylation is 1. The Bertz CT molecular complexity index is 692. The van der Waals surface area contributed by atoms with E-state index in [2.05, 4.69) is 67.4 Å². The van der Waals surface area contributed by atoms with Gasteiger partial charge in [0, 0.05) is 6.54 Å². The normalized spacial score (nSPS) is 10.3. The highest BCUT2D eigenvalue weighted by Crippen LogP contribution is 2.29. The van der Waals surface area contributed by atoms with Gasteiger partial charge in [0.05, 0.1) is 6.61 Å². The largest absolute Gasteiger partial charge is 0.490 e. The average Bonchev–Trinajstić information content (AvgIpc) is 2.71. The lowest BCUT2D eigenvalue weighted by Crippen LogP contribution is -2.27. The van der Waals surface area contributed by atoms with Crippen molar-refractivity contribution >= 4 is 24.8 Å². The molecule has 0 unspecified atom stereocenters. The third kappa shape index (κ3) is 10.0. The molecule has 2 aromatic carbocycles. The predicted molar refractivity (Wildman–Crippen MR) is 132 cm³/mol. The first-order valence-electron chi connectivity index (χ1n) is 10.5. The van der Waals surface area contributed by atoms with E-state index in [1.165, 1.54) is 11.1 Å². The summed E-state index contributed by atoms with van der Waals surface area (Å²) in [5, 5.41) is 3.53. The van der Waals surface area contributed by atoms with Gasteiger partial charge in [0.25, 0.3) is 0 Å². The monoisotopic (exact) mass is 456 g/mol. The Labute approximate surface area is 195 Å². The van der Waals surface area contributed by atoms with Crippen molar-refractivity contribution in [2.45, 2.75) is 47.3 Å². The fourth-order valence-electron chi connectivity index (χ4n) is 3.10. The summed E-state index contributed by atoms with van der Waals surface area (Å²) in [5.41, 5.74) is 3.63. The minimum absolute atomic E-state index is 0. The first kappa shape index (κ1) is 28.5. The minimum atomic E-state index is 0. The zero-order valence-corrected chi connectivity index (χ0v) is 20.4. The van der Waals surface area contributed by atoms with Crippen molar-refractivity contribution in [3.63, 3.8) is 0 Å². The number of ether oxygens (including phenoxy) is 2. The second kappa shape index (κ2) is 16.3. The minimum Gasteiger partial charge on any atom is -0.490 e. The van der Waals surface area contributed by atoms with Gasteiger partial charge in [-0.3, -0.25) is 0 Å². The molecule has 0 bridgehead atoms. The Morgan fingerprint density at radius 2 is 1.50 bits per heavy atom. The van der Waals surface area contributed by atoms with Gasteiger partial charge in [-0.1, -0.05) is 49.7 Å². The van der Waals surface area contributed by atoms with Crippen LogP contribution in [0.25, 0.3) is 0 Å². The summed E-state index contributed by atoms with van der Waals surface area (Å²) >= 11 is 0. The lowest BCUT2D eigenvalue weighted by atomic mass is 10.1. The maximum atomic E-state index is 6.01. The highest BCUT2D eigenvalue weighted by atomic mass is 35.5. The van der Waals surface area contributed by atoms with Crippen LogP contribution in [0.1, 0.15) is 43.9 Å². The third-order valence-electron chi connectivity index (χ3n) is 4.87. The van der Waals surface area contributed by atoms with Crippen LogP contribution in [0, 0.1) is 6.92 Å². The van der Waals surface area contributed by atoms with Gasteiger partial charge in [0.2, 0.25) is 0 Å². The van der Waals surface area contributed by atoms with E-state index < -0.39 is 0 Å². The quantitative estimate of drug-likeness (QED) is 0.395. The molecule has 0 atom stereocenters. The molecule has 6 heteroatoms. The van der Waals surface area contributed by atoms with E-state index in [4.69, 9.17) is 9.47 Å². The van der Waals surface area contributed by atoms with Crippen molar-refractivity contribution in [3.8, 4) is 11.5 Å². The van der Waals surface area contributed by atoms with Crippen LogP contribution >= 0.6 is 24.8 Å². The molecule has 0 amide bonds. The Morgan fingerprint density at radius 3 is 2.13 bits per heavy atom. The molecule has 0 saturated carbocycles. The van der Waals surface area contributed by atoms with Gasteiger partial charge in [0.15, 0.2) is 11.5 Å². The van der Waals surface area contributed by atoms with Crippen molar-refractivity contribution in [2.24, 2.45) is 0 Å². The Hall–Kier alpha value is -1.46. The molecule has 0 aliphatic heterocycles. The molecule has 0 heterocycles. The summed E-state index contributed by atoms with van der Waals surface area (Å²) in [6.45, 7) is 15.0. The first-order chi connectivity index (χ1) is 13.7. The van der Waals surface area contributed by atoms with Crippen molar-refractivity contribution < 1.29 is 9.47 Å². The smallest absolute Gasteiger partial charge is 0.161 e. The Morgan fingerprint density at radius 1 is 0.833 bits per heavy atom. The standard InChI is InChI=1S/C24H36N2O2.2ClH/c1-5-26(6-2)16-8-15-25-18-22-13-14-23(24(17-22)27-7-3)28-19-21-11-9-20(4)10-12-21;;/h9-14,17,25H,5-8,15-16,18-19H2,1-4H3;2*1H. The van der Waals surface area contributed by atoms with Crippen LogP contribution in [-0.4, -0.2) is 37.7 Å². The number of hydrogen-bond donors (Lipinski definition) is 1. The van der Waals surface area contributed by atoms with Crippen LogP contribution in [0.2, 0.25) is 0 Å². The zero-order valence-electron chi connectivity index (χ0n) is 18.8. The molecule has 0 radical (unpaired) electrons. The van der Waals surface area contributed by atoms with Crippen LogP contribution in [0.5, 0.6) is 11.5 Å². The van der Waals surface area contributed by atoms with Crippen molar-refractivity contribution in [1.82, 2.24) is 10.2 Å². The lowest BCUT2D eigenvalue weighted by molar-refractivity contribution is 0.269. The summed E-state index contributed by atoms with van der Waals surface area (Å²) in [6.07, 6.45) is 1.16. The molecule has 0 spiro atoms. The van der Waals surface area contributed by atoms with Crippen LogP contribution in [-0.2, 0) is 13.2 Å². The van der Waals surface area contributed by atoms with Gasteiger partial charge < -0.3 is 19.7 Å². The molecule has 4 nitrogen and oxygen atoms in total. The molecule has 0 aromatic heterocycles. The van der Waals surface area contributed by atoms with Gasteiger partial charge in [-0.2, -0.15) is 0 Å². The van der Waals surface area contributed by atoms with E-state index in [1.54, 1.807) is 0 Å². The third-order valence-corrected chi connectivity index (χ3v) is 4.87. The molecule has 0 saturated heterocycles. The van der Waals surface area contributed by atoms with Crippen LogP contribution in [0.4, 0.5) is 0 Å². The van der Waals surface area contributed by atoms with E-state index in [-0.39, 0.29) is 24.8 Å². The fourth-order valence-corrected chi connectivity index (χ4v) is 3.10. The summed E-state index contributed by atoms with van der Waals surface area (Å²) < 4.78 is 11.8. The number of hydrogen-bond acceptors (Lipinski definition) is 4. The van der Waals surface area contributed by atoms with E-state index in [9.17, 15) is 0 Å². The maximum absolute atomic E-state index is 6.01. The van der Waals surface area contributed by atoms with Crippen molar-refractivity contribution in [3.05, 3.63) is 59.2 Å². The number of rotatable bonds is 13. The topological polar surface area (TPSA) is 33.7 Å². The van der Waals surface area contributed by atoms with E-state index in [0.717, 1.165) is 56.2 Å². The van der Waals surface area contributed by atoms with E-state index in [0.29, 0.717) is 13.2 Å². The molecule has 0 aliphatic rings. The van der Waals surface area contributed by atoms with E-state index in [1.807, 2.05) is 13.0 Å². The molecular formula is C24H38Cl2N2O2. The molecule has 0 aliphatic carbocycles. The lowest BCUT2D eigenvalue weighted by Gasteiger charge is -2.18. The second-order valence-electron chi connectivity index (χ2n) is 7.05. The number of nitrogens with zero attached hydrogens (tertiary/aromatic N) is 1. The van der Waals surface area contributed by atoms with Gasteiger partial charge in [0.1, 0.15) is 6.61 Å². The Kier molecular flexibility index (Phi) is 15.5. The summed E-state index contributed by atoms with van der Waals surface area (Å²) in [6, 6.07) is 14.6. The van der Waals surface area contributed by atoms with Crippen LogP contribution in [0.3, 0.4) is 0 Å². The summed E-state index contributed by atoms with van der Waals surface area (Å²) in [5.74, 6) is 1.62. The van der Waals surface area contributed by atoms with Crippen LogP contribution in [0.15, 0.2) is 42.5 Å². The van der Waals surface area contributed by atoms with Gasteiger partial charge in [-0.25, -0.2) is 0 Å². The highest BCUT2D eigenvalue weighted by Gasteiger charge is 2.07. The maximum Gasteiger partial charge on any atom is 0.161 e. The number of nitrogens with one attached hydrogen (secondary N) is 1. The van der Waals surface area contributed by atoms with Gasteiger partial charge in [-0.15, -0.1) is 24.8 Å². The first-order valence-corrected chi connectivity index (χ1v) is 10.5. The van der Waals surface area contributed by atoms with E-state index >= 15 is 0 Å². The van der Waals surface area contributed by atoms with Gasteiger partial charge in [-0.05, 0) is 69.7 Å². The molecule has 2 rings (SSSR count). The molecule has 2 aromatic rings. The molecular weight excluding hydrogens is 419 g/mol. The Balaban J connectivity index is 0.00000420.